The van der Waals surface area contributed by atoms with Crippen molar-refractivity contribution in [2.24, 2.45) is 0 Å². The van der Waals surface area contributed by atoms with Gasteiger partial charge in [-0.1, -0.05) is 182 Å². The third-order valence-corrected chi connectivity index (χ3v) is 17.0. The molecule has 0 atom stereocenters. The number of para-hydroxylation sites is 3. The molecular formula is C78H46N8O2. The standard InChI is InChI=1S/C78H46N8O2/c1-4-18-47(19-5-1)73-79-74(48-20-6-2-7-21-48)81-76(80-73)50-34-37-55(38-35-50)85-63-31-13-10-29-61(63)69-65(85)42-41-60-58-39-36-52(46-68(58)88-72(60)69)51-24-16-25-53(44-51)77-82-75(49-22-8-3-9-23-49)83-78(84-77)54-26-17-27-56(45-54)86-64-32-14-11-30-62(64)70-66(86)43-40-59-57-28-12-15-33-67(57)87-71(59)70/h1-46H. The molecule has 10 nitrogen and oxygen atoms in total. The Labute approximate surface area is 502 Å². The van der Waals surface area contributed by atoms with Crippen LogP contribution in [0, 0.1) is 0 Å². The number of hydrogen-bond donors (Lipinski definition) is 0. The molecule has 18 aromatic rings. The Bertz CT molecular complexity index is 5750. The summed E-state index contributed by atoms with van der Waals surface area (Å²) >= 11 is 0. The second-order valence-electron chi connectivity index (χ2n) is 22.2. The fourth-order valence-corrected chi connectivity index (χ4v) is 12.9. The first-order valence-corrected chi connectivity index (χ1v) is 29.3. The Morgan fingerprint density at radius 2 is 0.591 bits per heavy atom. The predicted octanol–water partition coefficient (Wildman–Crippen LogP) is 19.7. The van der Waals surface area contributed by atoms with Crippen molar-refractivity contribution in [3.05, 3.63) is 279 Å². The lowest BCUT2D eigenvalue weighted by molar-refractivity contribution is 0.672. The van der Waals surface area contributed by atoms with E-state index >= 15 is 0 Å². The summed E-state index contributed by atoms with van der Waals surface area (Å²) in [5, 5.41) is 8.66. The molecule has 10 heteroatoms. The van der Waals surface area contributed by atoms with E-state index in [1.54, 1.807) is 0 Å². The molecule has 410 valence electrons. The van der Waals surface area contributed by atoms with Gasteiger partial charge in [0.05, 0.1) is 32.8 Å². The van der Waals surface area contributed by atoms with Crippen molar-refractivity contribution in [2.75, 3.05) is 0 Å². The SMILES string of the molecule is c1ccc(-c2nc(-c3ccccc3)nc(-c3ccc(-n4c5ccccc5c5c6oc7cc(-c8cccc(-c9nc(-c%10ccccc%10)nc(-c%10cccc(-n%11c%12ccccc%12c%12c%13oc%14ccccc%14c%13ccc%12%11)c%10)n9)c8)ccc7c6ccc54)cc3)n2)cc1. The lowest BCUT2D eigenvalue weighted by Crippen LogP contribution is -2.01. The zero-order valence-electron chi connectivity index (χ0n) is 47.0. The minimum atomic E-state index is 0.568. The molecule has 12 aromatic carbocycles. The van der Waals surface area contributed by atoms with Gasteiger partial charge in [0.2, 0.25) is 0 Å². The van der Waals surface area contributed by atoms with Crippen LogP contribution in [-0.4, -0.2) is 39.0 Å². The van der Waals surface area contributed by atoms with Gasteiger partial charge in [0, 0.05) is 77.1 Å². The van der Waals surface area contributed by atoms with Crippen molar-refractivity contribution >= 4 is 87.5 Å². The monoisotopic (exact) mass is 1130 g/mol. The third kappa shape index (κ3) is 7.97. The largest absolute Gasteiger partial charge is 0.455 e. The summed E-state index contributed by atoms with van der Waals surface area (Å²) in [6.07, 6.45) is 0. The highest BCUT2D eigenvalue weighted by Gasteiger charge is 2.23. The van der Waals surface area contributed by atoms with Gasteiger partial charge in [-0.2, -0.15) is 0 Å². The molecule has 6 heterocycles. The van der Waals surface area contributed by atoms with Gasteiger partial charge in [0.15, 0.2) is 34.9 Å². The number of furan rings is 2. The van der Waals surface area contributed by atoms with Crippen molar-refractivity contribution < 1.29 is 8.83 Å². The zero-order chi connectivity index (χ0) is 57.8. The molecular weight excluding hydrogens is 1080 g/mol. The minimum Gasteiger partial charge on any atom is -0.455 e. The highest BCUT2D eigenvalue weighted by atomic mass is 16.3. The smallest absolute Gasteiger partial charge is 0.164 e. The van der Waals surface area contributed by atoms with Crippen LogP contribution in [0.4, 0.5) is 0 Å². The predicted molar refractivity (Wildman–Crippen MR) is 354 cm³/mol. The molecule has 0 bridgehead atoms. The van der Waals surface area contributed by atoms with Crippen molar-refractivity contribution in [2.45, 2.75) is 0 Å². The molecule has 88 heavy (non-hydrogen) atoms. The van der Waals surface area contributed by atoms with Crippen LogP contribution in [0.3, 0.4) is 0 Å². The number of hydrogen-bond acceptors (Lipinski definition) is 8. The molecule has 0 N–H and O–H groups in total. The molecule has 0 spiro atoms. The molecule has 6 aromatic heterocycles. The van der Waals surface area contributed by atoms with Gasteiger partial charge < -0.3 is 18.0 Å². The van der Waals surface area contributed by atoms with Crippen LogP contribution < -0.4 is 0 Å². The summed E-state index contributed by atoms with van der Waals surface area (Å²) in [6, 6.07) is 96.3. The second-order valence-corrected chi connectivity index (χ2v) is 22.2. The Morgan fingerprint density at radius 1 is 0.216 bits per heavy atom. The van der Waals surface area contributed by atoms with Crippen LogP contribution in [-0.2, 0) is 0 Å². The highest BCUT2D eigenvalue weighted by molar-refractivity contribution is 6.25. The number of nitrogens with zero attached hydrogens (tertiary/aromatic N) is 8. The summed E-state index contributed by atoms with van der Waals surface area (Å²) in [4.78, 5) is 30.5. The summed E-state index contributed by atoms with van der Waals surface area (Å²) < 4.78 is 18.3. The molecule has 0 aliphatic rings. The van der Waals surface area contributed by atoms with Gasteiger partial charge >= 0.3 is 0 Å². The molecule has 0 fully saturated rings. The molecule has 0 radical (unpaired) electrons. The first-order valence-electron chi connectivity index (χ1n) is 29.3. The molecule has 0 aliphatic heterocycles. The average molecular weight is 1130 g/mol. The van der Waals surface area contributed by atoms with Crippen molar-refractivity contribution in [3.8, 4) is 90.8 Å². The van der Waals surface area contributed by atoms with E-state index in [0.717, 1.165) is 143 Å². The van der Waals surface area contributed by atoms with Crippen molar-refractivity contribution in [1.29, 1.82) is 0 Å². The van der Waals surface area contributed by atoms with Crippen LogP contribution in [0.2, 0.25) is 0 Å². The fourth-order valence-electron chi connectivity index (χ4n) is 12.9. The molecule has 0 saturated heterocycles. The molecule has 0 unspecified atom stereocenters. The van der Waals surface area contributed by atoms with Gasteiger partial charge in [-0.3, -0.25) is 0 Å². The van der Waals surface area contributed by atoms with Gasteiger partial charge in [0.1, 0.15) is 22.3 Å². The van der Waals surface area contributed by atoms with Gasteiger partial charge in [-0.15, -0.1) is 0 Å². The maximum absolute atomic E-state index is 7.04. The van der Waals surface area contributed by atoms with E-state index < -0.39 is 0 Å². The normalized spacial score (nSPS) is 11.9. The Kier molecular flexibility index (Phi) is 11.1. The number of rotatable bonds is 9. The van der Waals surface area contributed by atoms with E-state index in [1.165, 1.54) is 0 Å². The third-order valence-electron chi connectivity index (χ3n) is 17.0. The summed E-state index contributed by atoms with van der Waals surface area (Å²) in [5.41, 5.74) is 17.0. The van der Waals surface area contributed by atoms with Crippen LogP contribution in [0.25, 0.3) is 178 Å². The van der Waals surface area contributed by atoms with Crippen molar-refractivity contribution in [3.63, 3.8) is 0 Å². The number of benzene rings is 12. The molecule has 0 aliphatic carbocycles. The van der Waals surface area contributed by atoms with Crippen molar-refractivity contribution in [1.82, 2.24) is 39.0 Å². The quantitative estimate of drug-likeness (QED) is 0.140. The van der Waals surface area contributed by atoms with Crippen LogP contribution in [0.5, 0.6) is 0 Å². The van der Waals surface area contributed by atoms with E-state index in [-0.39, 0.29) is 0 Å². The van der Waals surface area contributed by atoms with Crippen LogP contribution in [0.1, 0.15) is 0 Å². The van der Waals surface area contributed by atoms with Gasteiger partial charge in [-0.25, -0.2) is 29.9 Å². The molecule has 0 amide bonds. The zero-order valence-corrected chi connectivity index (χ0v) is 47.0. The van der Waals surface area contributed by atoms with E-state index in [1.807, 2.05) is 103 Å². The van der Waals surface area contributed by atoms with E-state index in [0.29, 0.717) is 34.9 Å². The molecule has 0 saturated carbocycles. The Morgan fingerprint density at radius 3 is 1.15 bits per heavy atom. The van der Waals surface area contributed by atoms with Crippen LogP contribution in [0.15, 0.2) is 288 Å². The summed E-state index contributed by atoms with van der Waals surface area (Å²) in [7, 11) is 0. The van der Waals surface area contributed by atoms with E-state index in [4.69, 9.17) is 38.7 Å². The second kappa shape index (κ2) is 19.7. The average Bonchev–Trinajstić information content (AvgIpc) is 1.67. The van der Waals surface area contributed by atoms with Crippen LogP contribution >= 0.6 is 0 Å². The molecule has 18 rings (SSSR count). The van der Waals surface area contributed by atoms with Gasteiger partial charge in [0.25, 0.3) is 0 Å². The Balaban J connectivity index is 0.709. The van der Waals surface area contributed by atoms with Gasteiger partial charge in [-0.05, 0) is 108 Å². The number of aromatic nitrogens is 8. The lowest BCUT2D eigenvalue weighted by atomic mass is 10.0. The summed E-state index contributed by atoms with van der Waals surface area (Å²) in [6.45, 7) is 0. The lowest BCUT2D eigenvalue weighted by Gasteiger charge is -2.12. The highest BCUT2D eigenvalue weighted by Crippen LogP contribution is 2.44. The topological polar surface area (TPSA) is 113 Å². The first kappa shape index (κ1) is 49.3. The minimum absolute atomic E-state index is 0.568. The Hall–Kier alpha value is -12.1. The van der Waals surface area contributed by atoms with E-state index in [9.17, 15) is 0 Å². The first-order chi connectivity index (χ1) is 43.6. The summed E-state index contributed by atoms with van der Waals surface area (Å²) in [5.74, 6) is 3.58. The number of fused-ring (bicyclic) bond motifs is 14. The fraction of sp³-hybridized carbons (Fsp3) is 0. The maximum Gasteiger partial charge on any atom is 0.164 e. The maximum atomic E-state index is 7.04. The van der Waals surface area contributed by atoms with E-state index in [2.05, 4.69) is 185 Å².